The van der Waals surface area contributed by atoms with Crippen LogP contribution >= 0.6 is 0 Å². The van der Waals surface area contributed by atoms with Gasteiger partial charge in [-0.25, -0.2) is 0 Å². The molecule has 0 aliphatic heterocycles. The van der Waals surface area contributed by atoms with Gasteiger partial charge in [-0.2, -0.15) is 0 Å². The lowest BCUT2D eigenvalue weighted by atomic mass is 9.98. The fourth-order valence-electron chi connectivity index (χ4n) is 1.69. The van der Waals surface area contributed by atoms with E-state index in [1.165, 1.54) is 0 Å². The summed E-state index contributed by atoms with van der Waals surface area (Å²) in [6, 6.07) is 3.70. The second-order valence-corrected chi connectivity index (χ2v) is 3.84. The zero-order chi connectivity index (χ0) is 12.1. The maximum Gasteiger partial charge on any atom is 0.164 e. The second-order valence-electron chi connectivity index (χ2n) is 3.84. The topological polar surface area (TPSA) is 38.3 Å². The molecule has 0 fully saturated rings. The molecule has 16 heavy (non-hydrogen) atoms. The molecule has 0 bridgehead atoms. The van der Waals surface area contributed by atoms with Crippen LogP contribution in [0.2, 0.25) is 0 Å². The van der Waals surface area contributed by atoms with Crippen LogP contribution in [-0.2, 0) is 0 Å². The van der Waals surface area contributed by atoms with Crippen LogP contribution in [0.3, 0.4) is 0 Å². The van der Waals surface area contributed by atoms with E-state index >= 15 is 0 Å². The van der Waals surface area contributed by atoms with Crippen molar-refractivity contribution in [2.75, 3.05) is 20.7 Å². The molecule has 0 spiro atoms. The van der Waals surface area contributed by atoms with Gasteiger partial charge in [0, 0.05) is 18.5 Å². The van der Waals surface area contributed by atoms with E-state index in [0.717, 1.165) is 22.4 Å². The van der Waals surface area contributed by atoms with Crippen molar-refractivity contribution in [3.8, 4) is 5.75 Å². The zero-order valence-electron chi connectivity index (χ0n) is 10.4. The first kappa shape index (κ1) is 12.7. The average Bonchev–Trinajstić information content (AvgIpc) is 2.29. The molecule has 0 saturated carbocycles. The number of methoxy groups -OCH3 is 1. The highest BCUT2D eigenvalue weighted by molar-refractivity contribution is 5.98. The third-order valence-corrected chi connectivity index (χ3v) is 2.86. The predicted octanol–water partition coefficient (Wildman–Crippen LogP) is 2.10. The maximum atomic E-state index is 11.9. The Kier molecular flexibility index (Phi) is 4.50. The van der Waals surface area contributed by atoms with Gasteiger partial charge >= 0.3 is 0 Å². The summed E-state index contributed by atoms with van der Waals surface area (Å²) in [4.78, 5) is 11.9. The Morgan fingerprint density at radius 3 is 2.56 bits per heavy atom. The fourth-order valence-corrected chi connectivity index (χ4v) is 1.69. The largest absolute Gasteiger partial charge is 0.496 e. The lowest BCUT2D eigenvalue weighted by molar-refractivity contribution is 0.0982. The SMILES string of the molecule is CNCCC(=O)c1ccc(OC)c(C)c1C. The first-order chi connectivity index (χ1) is 7.61. The molecule has 0 aromatic heterocycles. The van der Waals surface area contributed by atoms with Gasteiger partial charge in [0.25, 0.3) is 0 Å². The molecule has 0 amide bonds. The second kappa shape index (κ2) is 5.66. The Labute approximate surface area is 96.8 Å². The number of ether oxygens (including phenoxy) is 1. The quantitative estimate of drug-likeness (QED) is 0.774. The van der Waals surface area contributed by atoms with Crippen molar-refractivity contribution in [2.24, 2.45) is 0 Å². The maximum absolute atomic E-state index is 11.9. The number of nitrogens with one attached hydrogen (secondary N) is 1. The highest BCUT2D eigenvalue weighted by Crippen LogP contribution is 2.24. The van der Waals surface area contributed by atoms with Gasteiger partial charge in [-0.15, -0.1) is 0 Å². The molecular weight excluding hydrogens is 202 g/mol. The third-order valence-electron chi connectivity index (χ3n) is 2.86. The van der Waals surface area contributed by atoms with Gasteiger partial charge in [0.1, 0.15) is 5.75 Å². The van der Waals surface area contributed by atoms with E-state index in [4.69, 9.17) is 4.74 Å². The number of rotatable bonds is 5. The smallest absolute Gasteiger partial charge is 0.164 e. The van der Waals surface area contributed by atoms with Gasteiger partial charge in [-0.3, -0.25) is 4.79 Å². The van der Waals surface area contributed by atoms with Gasteiger partial charge in [0.05, 0.1) is 7.11 Å². The van der Waals surface area contributed by atoms with E-state index in [1.54, 1.807) is 7.11 Å². The minimum atomic E-state index is 0.178. The molecule has 88 valence electrons. The Hall–Kier alpha value is -1.35. The summed E-state index contributed by atoms with van der Waals surface area (Å²) in [7, 11) is 3.49. The van der Waals surface area contributed by atoms with Crippen molar-refractivity contribution in [1.29, 1.82) is 0 Å². The number of hydrogen-bond acceptors (Lipinski definition) is 3. The molecule has 0 aliphatic rings. The molecule has 3 heteroatoms. The Morgan fingerprint density at radius 1 is 1.31 bits per heavy atom. The van der Waals surface area contributed by atoms with E-state index < -0.39 is 0 Å². The van der Waals surface area contributed by atoms with Crippen LogP contribution in [0, 0.1) is 13.8 Å². The third kappa shape index (κ3) is 2.61. The summed E-state index contributed by atoms with van der Waals surface area (Å²) in [5.41, 5.74) is 2.85. The summed E-state index contributed by atoms with van der Waals surface area (Å²) in [5, 5.41) is 2.98. The van der Waals surface area contributed by atoms with E-state index in [9.17, 15) is 4.79 Å². The lowest BCUT2D eigenvalue weighted by Crippen LogP contribution is -2.14. The first-order valence-corrected chi connectivity index (χ1v) is 5.43. The molecule has 1 N–H and O–H groups in total. The van der Waals surface area contributed by atoms with E-state index in [2.05, 4.69) is 5.32 Å². The van der Waals surface area contributed by atoms with Crippen LogP contribution in [0.25, 0.3) is 0 Å². The van der Waals surface area contributed by atoms with Gasteiger partial charge in [0.2, 0.25) is 0 Å². The van der Waals surface area contributed by atoms with Crippen LogP contribution in [0.5, 0.6) is 5.75 Å². The molecule has 0 aliphatic carbocycles. The van der Waals surface area contributed by atoms with Crippen LogP contribution in [0.1, 0.15) is 27.9 Å². The molecular formula is C13H19NO2. The number of hydrogen-bond donors (Lipinski definition) is 1. The van der Waals surface area contributed by atoms with E-state index in [-0.39, 0.29) is 5.78 Å². The minimum Gasteiger partial charge on any atom is -0.496 e. The van der Waals surface area contributed by atoms with Crippen molar-refractivity contribution in [1.82, 2.24) is 5.32 Å². The molecule has 3 nitrogen and oxygen atoms in total. The molecule has 0 atom stereocenters. The monoisotopic (exact) mass is 221 g/mol. The molecule has 1 aromatic carbocycles. The van der Waals surface area contributed by atoms with E-state index in [1.807, 2.05) is 33.0 Å². The van der Waals surface area contributed by atoms with Crippen LogP contribution in [0.4, 0.5) is 0 Å². The lowest BCUT2D eigenvalue weighted by Gasteiger charge is -2.11. The number of benzene rings is 1. The summed E-state index contributed by atoms with van der Waals surface area (Å²) in [6.45, 7) is 4.65. The van der Waals surface area contributed by atoms with E-state index in [0.29, 0.717) is 13.0 Å². The van der Waals surface area contributed by atoms with Crippen molar-refractivity contribution < 1.29 is 9.53 Å². The number of ketones is 1. The predicted molar refractivity (Wildman–Crippen MR) is 65.3 cm³/mol. The van der Waals surface area contributed by atoms with Crippen LogP contribution < -0.4 is 10.1 Å². The highest BCUT2D eigenvalue weighted by atomic mass is 16.5. The fraction of sp³-hybridized carbons (Fsp3) is 0.462. The molecule has 1 aromatic rings. The number of carbonyl (C=O) groups excluding carboxylic acids is 1. The molecule has 1 rings (SSSR count). The van der Waals surface area contributed by atoms with Crippen molar-refractivity contribution in [2.45, 2.75) is 20.3 Å². The average molecular weight is 221 g/mol. The molecule has 0 heterocycles. The van der Waals surface area contributed by atoms with Crippen molar-refractivity contribution >= 4 is 5.78 Å². The van der Waals surface area contributed by atoms with Crippen molar-refractivity contribution in [3.63, 3.8) is 0 Å². The Balaban J connectivity index is 2.98. The standard InChI is InChI=1S/C13H19NO2/c1-9-10(2)13(16-4)6-5-11(9)12(15)7-8-14-3/h5-6,14H,7-8H2,1-4H3. The van der Waals surface area contributed by atoms with Crippen LogP contribution in [0.15, 0.2) is 12.1 Å². The Bertz CT molecular complexity index is 386. The van der Waals surface area contributed by atoms with Crippen LogP contribution in [-0.4, -0.2) is 26.5 Å². The summed E-state index contributed by atoms with van der Waals surface area (Å²) in [6.07, 6.45) is 0.531. The minimum absolute atomic E-state index is 0.178. The first-order valence-electron chi connectivity index (χ1n) is 5.43. The Morgan fingerprint density at radius 2 is 2.00 bits per heavy atom. The van der Waals surface area contributed by atoms with Gasteiger partial charge < -0.3 is 10.1 Å². The summed E-state index contributed by atoms with van der Waals surface area (Å²) < 4.78 is 5.22. The molecule has 0 saturated heterocycles. The highest BCUT2D eigenvalue weighted by Gasteiger charge is 2.12. The van der Waals surface area contributed by atoms with Gasteiger partial charge in [0.15, 0.2) is 5.78 Å². The number of Topliss-reactive ketones (excluding diaryl/α,β-unsaturated/α-hetero) is 1. The van der Waals surface area contributed by atoms with Crippen molar-refractivity contribution in [3.05, 3.63) is 28.8 Å². The zero-order valence-corrected chi connectivity index (χ0v) is 10.4. The van der Waals surface area contributed by atoms with Gasteiger partial charge in [-0.05, 0) is 44.2 Å². The van der Waals surface area contributed by atoms with Gasteiger partial charge in [-0.1, -0.05) is 0 Å². The molecule has 0 unspecified atom stereocenters. The summed E-state index contributed by atoms with van der Waals surface area (Å²) >= 11 is 0. The summed E-state index contributed by atoms with van der Waals surface area (Å²) in [5.74, 6) is 1.01. The number of carbonyl (C=O) groups is 1. The normalized spacial score (nSPS) is 10.2. The molecule has 0 radical (unpaired) electrons.